The first-order valence-corrected chi connectivity index (χ1v) is 10.00. The molecule has 3 saturated carbocycles. The number of hydrogen-bond acceptors (Lipinski definition) is 4. The Hall–Kier alpha value is -0.710. The van der Waals surface area contributed by atoms with Crippen LogP contribution in [0.3, 0.4) is 0 Å². The Morgan fingerprint density at radius 3 is 2.56 bits per heavy atom. The molecule has 0 aromatic carbocycles. The van der Waals surface area contributed by atoms with Crippen molar-refractivity contribution in [2.75, 3.05) is 0 Å². The average molecular weight is 348 g/mol. The quantitative estimate of drug-likeness (QED) is 0.447. The van der Waals surface area contributed by atoms with Crippen LogP contribution >= 0.6 is 0 Å². The van der Waals surface area contributed by atoms with Gasteiger partial charge in [-0.15, -0.1) is 0 Å². The van der Waals surface area contributed by atoms with Crippen molar-refractivity contribution in [1.29, 1.82) is 0 Å². The number of ketones is 1. The molecule has 0 aromatic heterocycles. The van der Waals surface area contributed by atoms with E-state index in [1.54, 1.807) is 6.92 Å². The molecular formula is C21H32O4. The van der Waals surface area contributed by atoms with Crippen LogP contribution in [0.4, 0.5) is 0 Å². The highest BCUT2D eigenvalue weighted by Crippen LogP contribution is 2.67. The van der Waals surface area contributed by atoms with Gasteiger partial charge in [-0.3, -0.25) is 10.1 Å². The van der Waals surface area contributed by atoms with Gasteiger partial charge in [-0.25, -0.2) is 4.89 Å². The summed E-state index contributed by atoms with van der Waals surface area (Å²) in [5.74, 6) is 1.57. The first kappa shape index (κ1) is 17.7. The van der Waals surface area contributed by atoms with Crippen LogP contribution in [-0.4, -0.2) is 27.9 Å². The van der Waals surface area contributed by atoms with E-state index in [4.69, 9.17) is 4.89 Å². The van der Waals surface area contributed by atoms with Gasteiger partial charge >= 0.3 is 0 Å². The molecule has 4 aliphatic carbocycles. The molecule has 0 aromatic rings. The van der Waals surface area contributed by atoms with Gasteiger partial charge in [-0.05, 0) is 81.5 Å². The predicted octanol–water partition coefficient (Wildman–Crippen LogP) is 4.13. The molecule has 0 bridgehead atoms. The zero-order valence-corrected chi connectivity index (χ0v) is 15.8. The van der Waals surface area contributed by atoms with Gasteiger partial charge in [0.05, 0.1) is 6.10 Å². The van der Waals surface area contributed by atoms with Gasteiger partial charge in [0.15, 0.2) is 11.4 Å². The fraction of sp³-hybridized carbons (Fsp3) is 0.857. The van der Waals surface area contributed by atoms with Crippen molar-refractivity contribution >= 4 is 5.78 Å². The largest absolute Gasteiger partial charge is 0.393 e. The van der Waals surface area contributed by atoms with Crippen LogP contribution in [-0.2, 0) is 9.68 Å². The predicted molar refractivity (Wildman–Crippen MR) is 94.8 cm³/mol. The van der Waals surface area contributed by atoms with Gasteiger partial charge in [0.2, 0.25) is 0 Å². The van der Waals surface area contributed by atoms with E-state index in [2.05, 4.69) is 19.9 Å². The minimum absolute atomic E-state index is 0.0301. The maximum atomic E-state index is 12.4. The van der Waals surface area contributed by atoms with Crippen molar-refractivity contribution in [2.45, 2.75) is 83.8 Å². The number of fused-ring (bicyclic) bond motifs is 5. The van der Waals surface area contributed by atoms with Crippen molar-refractivity contribution in [1.82, 2.24) is 0 Å². The van der Waals surface area contributed by atoms with Gasteiger partial charge in [-0.1, -0.05) is 25.5 Å². The van der Waals surface area contributed by atoms with Gasteiger partial charge in [0.25, 0.3) is 0 Å². The van der Waals surface area contributed by atoms with Crippen LogP contribution in [0.2, 0.25) is 0 Å². The van der Waals surface area contributed by atoms with E-state index >= 15 is 0 Å². The topological polar surface area (TPSA) is 66.8 Å². The van der Waals surface area contributed by atoms with Gasteiger partial charge < -0.3 is 5.11 Å². The van der Waals surface area contributed by atoms with Crippen LogP contribution in [0.5, 0.6) is 0 Å². The number of Topliss-reactive ketones (excluding diaryl/α,β-unsaturated/α-hetero) is 1. The number of allylic oxidation sites excluding steroid dienone is 1. The summed E-state index contributed by atoms with van der Waals surface area (Å²) in [6, 6.07) is 0. The first-order valence-electron chi connectivity index (χ1n) is 10.00. The second kappa shape index (κ2) is 5.64. The maximum absolute atomic E-state index is 12.4. The molecule has 4 heteroatoms. The molecule has 2 N–H and O–H groups in total. The highest BCUT2D eigenvalue weighted by atomic mass is 17.1. The Labute approximate surface area is 150 Å². The van der Waals surface area contributed by atoms with E-state index in [0.717, 1.165) is 44.9 Å². The summed E-state index contributed by atoms with van der Waals surface area (Å²) in [5, 5.41) is 19.8. The third-order valence-corrected chi connectivity index (χ3v) is 8.92. The molecule has 0 amide bonds. The molecule has 7 atom stereocenters. The van der Waals surface area contributed by atoms with E-state index in [1.165, 1.54) is 5.57 Å². The summed E-state index contributed by atoms with van der Waals surface area (Å²) in [7, 11) is 0. The molecule has 4 nitrogen and oxygen atoms in total. The number of aliphatic hydroxyl groups is 1. The Morgan fingerprint density at radius 2 is 1.88 bits per heavy atom. The molecular weight excluding hydrogens is 316 g/mol. The third-order valence-electron chi connectivity index (χ3n) is 8.92. The highest BCUT2D eigenvalue weighted by Gasteiger charge is 2.67. The lowest BCUT2D eigenvalue weighted by Crippen LogP contribution is -2.57. The van der Waals surface area contributed by atoms with E-state index < -0.39 is 5.60 Å². The van der Waals surface area contributed by atoms with Gasteiger partial charge in [0.1, 0.15) is 0 Å². The molecule has 25 heavy (non-hydrogen) atoms. The Morgan fingerprint density at radius 1 is 1.16 bits per heavy atom. The monoisotopic (exact) mass is 348 g/mol. The molecule has 0 heterocycles. The molecule has 0 unspecified atom stereocenters. The number of aliphatic hydroxyl groups excluding tert-OH is 1. The molecule has 140 valence electrons. The summed E-state index contributed by atoms with van der Waals surface area (Å²) in [6.45, 7) is 6.14. The molecule has 3 fully saturated rings. The lowest BCUT2D eigenvalue weighted by atomic mass is 9.47. The second-order valence-corrected chi connectivity index (χ2v) is 9.63. The second-order valence-electron chi connectivity index (χ2n) is 9.63. The van der Waals surface area contributed by atoms with E-state index in [-0.39, 0.29) is 22.7 Å². The minimum Gasteiger partial charge on any atom is -0.393 e. The van der Waals surface area contributed by atoms with Crippen LogP contribution in [0.1, 0.15) is 72.1 Å². The molecule has 0 spiro atoms. The lowest BCUT2D eigenvalue weighted by Gasteiger charge is -2.58. The van der Waals surface area contributed by atoms with Crippen LogP contribution in [0, 0.1) is 28.6 Å². The minimum atomic E-state index is -1.02. The number of carbonyl (C=O) groups excluding carboxylic acids is 1. The van der Waals surface area contributed by atoms with E-state index in [0.29, 0.717) is 24.2 Å². The molecule has 0 aliphatic heterocycles. The molecule has 0 saturated heterocycles. The number of carbonyl (C=O) groups is 1. The zero-order valence-electron chi connectivity index (χ0n) is 15.8. The fourth-order valence-corrected chi connectivity index (χ4v) is 7.43. The number of rotatable bonds is 2. The third kappa shape index (κ3) is 2.14. The molecule has 4 aliphatic rings. The maximum Gasteiger partial charge on any atom is 0.166 e. The summed E-state index contributed by atoms with van der Waals surface area (Å²) < 4.78 is 0. The smallest absolute Gasteiger partial charge is 0.166 e. The standard InChI is InChI=1S/C21H32O4/c1-13(22)21(25-24)11-8-18-16-5-4-14-12-15(23)6-9-19(14,2)17(16)7-10-20(18,21)3/h4,15-18,23-24H,5-12H2,1-3H3/t15-,16+,17-,18-,19-,20-,21-/m0/s1. The summed E-state index contributed by atoms with van der Waals surface area (Å²) in [6.07, 6.45) is 9.67. The Bertz CT molecular complexity index is 613. The highest BCUT2D eigenvalue weighted by molar-refractivity contribution is 5.86. The summed E-state index contributed by atoms with van der Waals surface area (Å²) in [4.78, 5) is 17.4. The van der Waals surface area contributed by atoms with Crippen molar-refractivity contribution in [3.05, 3.63) is 11.6 Å². The van der Waals surface area contributed by atoms with Crippen molar-refractivity contribution in [3.63, 3.8) is 0 Å². The van der Waals surface area contributed by atoms with Crippen molar-refractivity contribution < 1.29 is 20.0 Å². The van der Waals surface area contributed by atoms with Crippen molar-refractivity contribution in [3.8, 4) is 0 Å². The summed E-state index contributed by atoms with van der Waals surface area (Å²) in [5.41, 5.74) is 0.372. The van der Waals surface area contributed by atoms with Gasteiger partial charge in [0, 0.05) is 5.41 Å². The van der Waals surface area contributed by atoms with Gasteiger partial charge in [-0.2, -0.15) is 0 Å². The Kier molecular flexibility index (Phi) is 3.99. The summed E-state index contributed by atoms with van der Waals surface area (Å²) >= 11 is 0. The lowest BCUT2D eigenvalue weighted by molar-refractivity contribution is -0.338. The zero-order chi connectivity index (χ0) is 18.0. The van der Waals surface area contributed by atoms with E-state index in [1.807, 2.05) is 0 Å². The van der Waals surface area contributed by atoms with Crippen molar-refractivity contribution in [2.24, 2.45) is 28.6 Å². The molecule has 0 radical (unpaired) electrons. The normalized spacial score (nSPS) is 52.0. The first-order chi connectivity index (χ1) is 11.8. The average Bonchev–Trinajstić information content (AvgIpc) is 2.89. The number of hydrogen-bond donors (Lipinski definition) is 2. The SMILES string of the molecule is CC(=O)[C@@]1(OO)CC[C@H]2[C@@H]3CC=C4C[C@@H](O)CC[C@]4(C)[C@H]3CC[C@@]21C. The van der Waals surface area contributed by atoms with E-state index in [9.17, 15) is 15.2 Å². The molecule has 4 rings (SSSR count). The van der Waals surface area contributed by atoms with Crippen LogP contribution in [0.25, 0.3) is 0 Å². The van der Waals surface area contributed by atoms with Crippen LogP contribution < -0.4 is 0 Å². The Balaban J connectivity index is 1.70. The van der Waals surface area contributed by atoms with Crippen LogP contribution in [0.15, 0.2) is 11.6 Å². The fourth-order valence-electron chi connectivity index (χ4n) is 7.43.